The predicted octanol–water partition coefficient (Wildman–Crippen LogP) is 1.30. The number of carboxylic acids is 1. The second-order valence-electron chi connectivity index (χ2n) is 8.19. The van der Waals surface area contributed by atoms with E-state index in [1.54, 1.807) is 20.8 Å². The topological polar surface area (TPSA) is 122 Å². The monoisotopic (exact) mass is 384 g/mol. The lowest BCUT2D eigenvalue weighted by Gasteiger charge is -2.28. The summed E-state index contributed by atoms with van der Waals surface area (Å²) in [6.45, 7) is 8.24. The Labute approximate surface area is 158 Å². The van der Waals surface area contributed by atoms with Crippen molar-refractivity contribution in [1.82, 2.24) is 10.2 Å². The number of carbonyl (C=O) groups is 4. The fourth-order valence-electron chi connectivity index (χ4n) is 3.48. The van der Waals surface area contributed by atoms with Gasteiger partial charge in [0, 0.05) is 13.3 Å². The van der Waals surface area contributed by atoms with E-state index in [-0.39, 0.29) is 18.9 Å². The molecule has 1 aliphatic carbocycles. The highest BCUT2D eigenvalue weighted by molar-refractivity contribution is 5.94. The molecule has 2 rings (SSSR count). The van der Waals surface area contributed by atoms with Crippen LogP contribution in [0.15, 0.2) is 0 Å². The van der Waals surface area contributed by atoms with Gasteiger partial charge in [0.15, 0.2) is 0 Å². The molecule has 1 saturated carbocycles. The zero-order valence-corrected chi connectivity index (χ0v) is 16.4. The Bertz CT molecular complexity index is 642. The number of hydrogen-bond acceptors (Lipinski definition) is 6. The minimum atomic E-state index is -1.29. The number of likely N-dealkylation sites (tertiary alicyclic amines) is 1. The van der Waals surface area contributed by atoms with Gasteiger partial charge in [0.05, 0.1) is 6.54 Å². The molecule has 0 bridgehead atoms. The normalized spacial score (nSPS) is 29.8. The maximum Gasteiger partial charge on any atom is 0.411 e. The standard InChI is InChI=1S/C18H28N2O7/c1-6-11-8-18(11,15(23)24)19-14(22)13-7-12(26-10(2)21)9-20(13)16(25)27-17(3,4)5/h11-13H,6-9H2,1-5H3,(H,19,22)(H,23,24)/t11-,12-,13+,18-/m1/s1. The quantitative estimate of drug-likeness (QED) is 0.685. The summed E-state index contributed by atoms with van der Waals surface area (Å²) in [4.78, 5) is 49.4. The molecule has 2 aliphatic rings. The van der Waals surface area contributed by atoms with Crippen molar-refractivity contribution in [1.29, 1.82) is 0 Å². The highest BCUT2D eigenvalue weighted by atomic mass is 16.6. The van der Waals surface area contributed by atoms with E-state index in [1.165, 1.54) is 11.8 Å². The maximum absolute atomic E-state index is 12.8. The van der Waals surface area contributed by atoms with Gasteiger partial charge in [-0.1, -0.05) is 13.3 Å². The number of esters is 1. The zero-order chi connectivity index (χ0) is 20.6. The smallest absolute Gasteiger partial charge is 0.411 e. The molecule has 0 spiro atoms. The molecule has 1 saturated heterocycles. The fourth-order valence-corrected chi connectivity index (χ4v) is 3.48. The molecule has 2 amide bonds. The molecule has 0 aromatic heterocycles. The Morgan fingerprint density at radius 3 is 2.33 bits per heavy atom. The Kier molecular flexibility index (Phi) is 5.72. The lowest BCUT2D eigenvalue weighted by atomic mass is 10.1. The van der Waals surface area contributed by atoms with E-state index in [2.05, 4.69) is 5.32 Å². The number of nitrogens with zero attached hydrogens (tertiary/aromatic N) is 1. The van der Waals surface area contributed by atoms with Crippen molar-refractivity contribution < 1.29 is 33.8 Å². The van der Waals surface area contributed by atoms with Crippen LogP contribution in [0.5, 0.6) is 0 Å². The minimum absolute atomic E-state index is 0.0177. The van der Waals surface area contributed by atoms with E-state index in [9.17, 15) is 24.3 Å². The van der Waals surface area contributed by atoms with Crippen LogP contribution in [0, 0.1) is 5.92 Å². The van der Waals surface area contributed by atoms with Crippen molar-refractivity contribution >= 4 is 23.9 Å². The molecule has 0 radical (unpaired) electrons. The molecule has 0 aromatic carbocycles. The molecule has 1 aliphatic heterocycles. The van der Waals surface area contributed by atoms with E-state index in [0.29, 0.717) is 12.8 Å². The van der Waals surface area contributed by atoms with E-state index in [0.717, 1.165) is 0 Å². The maximum atomic E-state index is 12.8. The molecule has 2 N–H and O–H groups in total. The molecule has 0 unspecified atom stereocenters. The Balaban J connectivity index is 2.16. The predicted molar refractivity (Wildman–Crippen MR) is 93.8 cm³/mol. The summed E-state index contributed by atoms with van der Waals surface area (Å²) in [5.41, 5.74) is -2.05. The molecule has 1 heterocycles. The van der Waals surface area contributed by atoms with Gasteiger partial charge < -0.3 is 19.9 Å². The van der Waals surface area contributed by atoms with Gasteiger partial charge in [0.2, 0.25) is 5.91 Å². The van der Waals surface area contributed by atoms with Crippen LogP contribution in [0.25, 0.3) is 0 Å². The average molecular weight is 384 g/mol. The molecule has 152 valence electrons. The summed E-state index contributed by atoms with van der Waals surface area (Å²) in [7, 11) is 0. The van der Waals surface area contributed by atoms with Crippen LogP contribution >= 0.6 is 0 Å². The summed E-state index contributed by atoms with van der Waals surface area (Å²) in [5, 5.41) is 12.1. The van der Waals surface area contributed by atoms with Gasteiger partial charge in [-0.05, 0) is 33.1 Å². The first kappa shape index (κ1) is 21.0. The van der Waals surface area contributed by atoms with Crippen LogP contribution in [0.3, 0.4) is 0 Å². The summed E-state index contributed by atoms with van der Waals surface area (Å²) >= 11 is 0. The second-order valence-corrected chi connectivity index (χ2v) is 8.19. The van der Waals surface area contributed by atoms with Crippen molar-refractivity contribution in [3.05, 3.63) is 0 Å². The minimum Gasteiger partial charge on any atom is -0.479 e. The Morgan fingerprint density at radius 2 is 1.89 bits per heavy atom. The first-order valence-electron chi connectivity index (χ1n) is 9.12. The largest absolute Gasteiger partial charge is 0.479 e. The molecule has 4 atom stereocenters. The van der Waals surface area contributed by atoms with Gasteiger partial charge in [0.25, 0.3) is 0 Å². The molecule has 2 fully saturated rings. The molecule has 9 nitrogen and oxygen atoms in total. The molecule has 9 heteroatoms. The Morgan fingerprint density at radius 1 is 1.26 bits per heavy atom. The van der Waals surface area contributed by atoms with Gasteiger partial charge in [-0.3, -0.25) is 14.5 Å². The fraction of sp³-hybridized carbons (Fsp3) is 0.778. The van der Waals surface area contributed by atoms with Gasteiger partial charge in [-0.2, -0.15) is 0 Å². The van der Waals surface area contributed by atoms with E-state index >= 15 is 0 Å². The lowest BCUT2D eigenvalue weighted by Crippen LogP contribution is -2.53. The summed E-state index contributed by atoms with van der Waals surface area (Å²) in [5.74, 6) is -2.31. The van der Waals surface area contributed by atoms with Crippen molar-refractivity contribution in [2.45, 2.75) is 77.2 Å². The van der Waals surface area contributed by atoms with Gasteiger partial charge in [-0.25, -0.2) is 9.59 Å². The highest BCUT2D eigenvalue weighted by Gasteiger charge is 2.61. The molecular weight excluding hydrogens is 356 g/mol. The van der Waals surface area contributed by atoms with Crippen LogP contribution in [-0.2, 0) is 23.9 Å². The number of hydrogen-bond donors (Lipinski definition) is 2. The third-order valence-corrected chi connectivity index (χ3v) is 4.85. The number of rotatable bonds is 5. The molecule has 0 aromatic rings. The van der Waals surface area contributed by atoms with E-state index in [4.69, 9.17) is 9.47 Å². The van der Waals surface area contributed by atoms with E-state index < -0.39 is 47.2 Å². The zero-order valence-electron chi connectivity index (χ0n) is 16.4. The second kappa shape index (κ2) is 7.36. The third kappa shape index (κ3) is 4.70. The number of nitrogens with one attached hydrogen (secondary N) is 1. The highest BCUT2D eigenvalue weighted by Crippen LogP contribution is 2.46. The van der Waals surface area contributed by atoms with Crippen LogP contribution in [0.1, 0.15) is 53.9 Å². The van der Waals surface area contributed by atoms with Gasteiger partial charge >= 0.3 is 18.0 Å². The lowest BCUT2D eigenvalue weighted by molar-refractivity contribution is -0.145. The molecular formula is C18H28N2O7. The summed E-state index contributed by atoms with van der Waals surface area (Å²) < 4.78 is 10.5. The van der Waals surface area contributed by atoms with Crippen molar-refractivity contribution in [3.8, 4) is 0 Å². The average Bonchev–Trinajstić information content (AvgIpc) is 3.06. The van der Waals surface area contributed by atoms with Crippen molar-refractivity contribution in [2.75, 3.05) is 6.54 Å². The van der Waals surface area contributed by atoms with Crippen LogP contribution in [0.2, 0.25) is 0 Å². The third-order valence-electron chi connectivity index (χ3n) is 4.85. The number of ether oxygens (including phenoxy) is 2. The van der Waals surface area contributed by atoms with Crippen LogP contribution in [0.4, 0.5) is 4.79 Å². The van der Waals surface area contributed by atoms with Gasteiger partial charge in [-0.15, -0.1) is 0 Å². The van der Waals surface area contributed by atoms with Gasteiger partial charge in [0.1, 0.15) is 23.3 Å². The van der Waals surface area contributed by atoms with Crippen LogP contribution in [-0.4, -0.2) is 63.8 Å². The first-order valence-corrected chi connectivity index (χ1v) is 9.12. The summed E-state index contributed by atoms with van der Waals surface area (Å²) in [6, 6.07) is -0.960. The SMILES string of the molecule is CC[C@@H]1C[C@]1(NC(=O)[C@@H]1C[C@@H](OC(C)=O)CN1C(=O)OC(C)(C)C)C(=O)O. The molecule has 27 heavy (non-hydrogen) atoms. The first-order chi connectivity index (χ1) is 12.4. The Hall–Kier alpha value is -2.32. The number of carbonyl (C=O) groups excluding carboxylic acids is 3. The van der Waals surface area contributed by atoms with E-state index in [1.807, 2.05) is 6.92 Å². The number of amides is 2. The van der Waals surface area contributed by atoms with Crippen LogP contribution < -0.4 is 5.32 Å². The summed E-state index contributed by atoms with van der Waals surface area (Å²) in [6.07, 6.45) is -0.269. The van der Waals surface area contributed by atoms with Crippen molar-refractivity contribution in [2.24, 2.45) is 5.92 Å². The number of aliphatic carboxylic acids is 1. The van der Waals surface area contributed by atoms with Crippen molar-refractivity contribution in [3.63, 3.8) is 0 Å². The number of carboxylic acid groups (broad SMARTS) is 1.